The highest BCUT2D eigenvalue weighted by Crippen LogP contribution is 2.30. The topological polar surface area (TPSA) is 76.0 Å². The van der Waals surface area contributed by atoms with Gasteiger partial charge in [-0.2, -0.15) is 18.3 Å². The number of aromatic nitrogens is 2. The van der Waals surface area contributed by atoms with E-state index in [-0.39, 0.29) is 12.1 Å². The highest BCUT2D eigenvalue weighted by atomic mass is 19.4. The zero-order valence-electron chi connectivity index (χ0n) is 17.9. The SMILES string of the molecule is CCc1ccc(C(=O)NNC(=O)Cc2c(C)nn(-c3cccc(C(F)(F)F)c3)c2C)cc1. The van der Waals surface area contributed by atoms with Gasteiger partial charge >= 0.3 is 6.18 Å². The van der Waals surface area contributed by atoms with Gasteiger partial charge in [0.1, 0.15) is 0 Å². The number of benzene rings is 2. The number of amides is 2. The van der Waals surface area contributed by atoms with Gasteiger partial charge in [-0.3, -0.25) is 20.4 Å². The molecule has 0 atom stereocenters. The highest BCUT2D eigenvalue weighted by molar-refractivity contribution is 5.95. The van der Waals surface area contributed by atoms with Crippen LogP contribution in [-0.2, 0) is 23.8 Å². The molecule has 0 unspecified atom stereocenters. The van der Waals surface area contributed by atoms with Crippen LogP contribution in [0.3, 0.4) is 0 Å². The Kier molecular flexibility index (Phi) is 6.67. The van der Waals surface area contributed by atoms with E-state index in [0.29, 0.717) is 22.5 Å². The molecule has 2 aromatic carbocycles. The van der Waals surface area contributed by atoms with Gasteiger partial charge < -0.3 is 0 Å². The van der Waals surface area contributed by atoms with E-state index in [1.54, 1.807) is 26.0 Å². The summed E-state index contributed by atoms with van der Waals surface area (Å²) in [5, 5.41) is 4.30. The second-order valence-electron chi connectivity index (χ2n) is 7.34. The molecule has 3 aromatic rings. The minimum absolute atomic E-state index is 0.0916. The summed E-state index contributed by atoms with van der Waals surface area (Å²) in [7, 11) is 0. The van der Waals surface area contributed by atoms with Crippen LogP contribution in [-0.4, -0.2) is 21.6 Å². The van der Waals surface area contributed by atoms with Crippen molar-refractivity contribution in [2.45, 2.75) is 39.8 Å². The van der Waals surface area contributed by atoms with Crippen molar-refractivity contribution in [3.05, 3.63) is 82.2 Å². The molecule has 0 aliphatic heterocycles. The van der Waals surface area contributed by atoms with Gasteiger partial charge in [-0.05, 0) is 56.2 Å². The van der Waals surface area contributed by atoms with Gasteiger partial charge in [0.05, 0.1) is 23.4 Å². The summed E-state index contributed by atoms with van der Waals surface area (Å²) in [5.74, 6) is -0.924. The number of nitrogens with zero attached hydrogens (tertiary/aromatic N) is 2. The van der Waals surface area contributed by atoms with Crippen LogP contribution in [0.25, 0.3) is 5.69 Å². The largest absolute Gasteiger partial charge is 0.416 e. The van der Waals surface area contributed by atoms with E-state index in [0.717, 1.165) is 24.1 Å². The fourth-order valence-electron chi connectivity index (χ4n) is 3.29. The Morgan fingerprint density at radius 2 is 1.72 bits per heavy atom. The van der Waals surface area contributed by atoms with Gasteiger partial charge in [0.2, 0.25) is 5.91 Å². The number of halogens is 3. The fourth-order valence-corrected chi connectivity index (χ4v) is 3.29. The number of aryl methyl sites for hydroxylation is 2. The third-order valence-electron chi connectivity index (χ3n) is 5.14. The average molecular weight is 444 g/mol. The van der Waals surface area contributed by atoms with Crippen molar-refractivity contribution in [3.63, 3.8) is 0 Å². The Bertz CT molecular complexity index is 1140. The van der Waals surface area contributed by atoms with Gasteiger partial charge in [-0.25, -0.2) is 4.68 Å². The first kappa shape index (κ1) is 23.1. The molecule has 0 fully saturated rings. The van der Waals surface area contributed by atoms with E-state index in [4.69, 9.17) is 0 Å². The van der Waals surface area contributed by atoms with E-state index in [9.17, 15) is 22.8 Å². The molecular formula is C23H23F3N4O2. The van der Waals surface area contributed by atoms with Gasteiger partial charge in [0.15, 0.2) is 0 Å². The third-order valence-corrected chi connectivity index (χ3v) is 5.14. The molecule has 0 spiro atoms. The first-order valence-electron chi connectivity index (χ1n) is 10.0. The van der Waals surface area contributed by atoms with Crippen molar-refractivity contribution < 1.29 is 22.8 Å². The maximum atomic E-state index is 13.0. The van der Waals surface area contributed by atoms with E-state index in [1.165, 1.54) is 16.8 Å². The minimum Gasteiger partial charge on any atom is -0.273 e. The number of nitrogens with one attached hydrogen (secondary N) is 2. The molecule has 32 heavy (non-hydrogen) atoms. The van der Waals surface area contributed by atoms with Gasteiger partial charge in [0.25, 0.3) is 5.91 Å². The zero-order valence-corrected chi connectivity index (χ0v) is 17.9. The number of alkyl halides is 3. The van der Waals surface area contributed by atoms with E-state index >= 15 is 0 Å². The quantitative estimate of drug-likeness (QED) is 0.583. The number of rotatable bonds is 5. The summed E-state index contributed by atoms with van der Waals surface area (Å²) in [6.45, 7) is 5.36. The first-order chi connectivity index (χ1) is 15.1. The summed E-state index contributed by atoms with van der Waals surface area (Å²) in [4.78, 5) is 24.6. The molecule has 168 valence electrons. The summed E-state index contributed by atoms with van der Waals surface area (Å²) >= 11 is 0. The van der Waals surface area contributed by atoms with Crippen molar-refractivity contribution in [1.29, 1.82) is 0 Å². The number of hydrazine groups is 1. The Hall–Kier alpha value is -3.62. The van der Waals surface area contributed by atoms with Gasteiger partial charge in [-0.1, -0.05) is 25.1 Å². The molecule has 6 nitrogen and oxygen atoms in total. The van der Waals surface area contributed by atoms with Crippen molar-refractivity contribution in [3.8, 4) is 5.69 Å². The van der Waals surface area contributed by atoms with Crippen LogP contribution in [0.4, 0.5) is 13.2 Å². The number of carbonyl (C=O) groups excluding carboxylic acids is 2. The van der Waals surface area contributed by atoms with Crippen molar-refractivity contribution in [2.75, 3.05) is 0 Å². The van der Waals surface area contributed by atoms with Crippen LogP contribution in [0.15, 0.2) is 48.5 Å². The summed E-state index contributed by atoms with van der Waals surface area (Å²) < 4.78 is 40.5. The molecule has 0 saturated heterocycles. The third kappa shape index (κ3) is 5.16. The van der Waals surface area contributed by atoms with E-state index < -0.39 is 23.6 Å². The molecule has 0 saturated carbocycles. The number of hydrogen-bond acceptors (Lipinski definition) is 3. The summed E-state index contributed by atoms with van der Waals surface area (Å²) in [6.07, 6.45) is -3.71. The van der Waals surface area contributed by atoms with Gasteiger partial charge in [-0.15, -0.1) is 0 Å². The monoisotopic (exact) mass is 444 g/mol. The van der Waals surface area contributed by atoms with Crippen LogP contribution in [0, 0.1) is 13.8 Å². The minimum atomic E-state index is -4.47. The molecule has 2 N–H and O–H groups in total. The molecule has 1 aromatic heterocycles. The summed E-state index contributed by atoms with van der Waals surface area (Å²) in [6, 6.07) is 11.8. The lowest BCUT2D eigenvalue weighted by molar-refractivity contribution is -0.137. The first-order valence-corrected chi connectivity index (χ1v) is 10.0. The molecule has 0 bridgehead atoms. The van der Waals surface area contributed by atoms with Crippen LogP contribution < -0.4 is 10.9 Å². The maximum absolute atomic E-state index is 13.0. The normalized spacial score (nSPS) is 11.3. The second kappa shape index (κ2) is 9.25. The van der Waals surface area contributed by atoms with Crippen LogP contribution in [0.5, 0.6) is 0 Å². The fraction of sp³-hybridized carbons (Fsp3) is 0.261. The van der Waals surface area contributed by atoms with Crippen molar-refractivity contribution in [1.82, 2.24) is 20.6 Å². The molecule has 9 heteroatoms. The Balaban J connectivity index is 1.69. The predicted octanol–water partition coefficient (Wildman–Crippen LogP) is 4.07. The lowest BCUT2D eigenvalue weighted by Gasteiger charge is -2.10. The molecule has 0 aliphatic carbocycles. The van der Waals surface area contributed by atoms with Crippen molar-refractivity contribution in [2.24, 2.45) is 0 Å². The van der Waals surface area contributed by atoms with Crippen molar-refractivity contribution >= 4 is 11.8 Å². The van der Waals surface area contributed by atoms with Crippen LogP contribution in [0.2, 0.25) is 0 Å². The van der Waals surface area contributed by atoms with E-state index in [2.05, 4.69) is 16.0 Å². The van der Waals surface area contributed by atoms with E-state index in [1.807, 2.05) is 19.1 Å². The summed E-state index contributed by atoms with van der Waals surface area (Å²) in [5.41, 5.74) is 7.32. The Labute approximate surface area is 183 Å². The lowest BCUT2D eigenvalue weighted by Crippen LogP contribution is -2.42. The highest BCUT2D eigenvalue weighted by Gasteiger charge is 2.30. The Morgan fingerprint density at radius 3 is 2.34 bits per heavy atom. The molecule has 3 rings (SSSR count). The average Bonchev–Trinajstić information content (AvgIpc) is 3.05. The smallest absolute Gasteiger partial charge is 0.273 e. The number of hydrogen-bond donors (Lipinski definition) is 2. The van der Waals surface area contributed by atoms with Crippen LogP contribution in [0.1, 0.15) is 45.4 Å². The molecule has 1 heterocycles. The molecule has 0 radical (unpaired) electrons. The molecular weight excluding hydrogens is 421 g/mol. The zero-order chi connectivity index (χ0) is 23.5. The lowest BCUT2D eigenvalue weighted by atomic mass is 10.1. The van der Waals surface area contributed by atoms with Gasteiger partial charge in [0, 0.05) is 16.8 Å². The van der Waals surface area contributed by atoms with Crippen LogP contribution >= 0.6 is 0 Å². The maximum Gasteiger partial charge on any atom is 0.416 e. The number of carbonyl (C=O) groups is 2. The second-order valence-corrected chi connectivity index (χ2v) is 7.34. The molecule has 0 aliphatic rings. The predicted molar refractivity (Wildman–Crippen MR) is 113 cm³/mol. The Morgan fingerprint density at radius 1 is 1.03 bits per heavy atom. The molecule has 2 amide bonds. The standard InChI is InChI=1S/C23H23F3N4O2/c1-4-16-8-10-17(11-9-16)22(32)28-27-21(31)13-20-14(2)29-30(15(20)3)19-7-5-6-18(12-19)23(24,25)26/h5-12H,4,13H2,1-3H3,(H,27,31)(H,28,32).